The van der Waals surface area contributed by atoms with Gasteiger partial charge in [0.2, 0.25) is 10.0 Å². The number of benzene rings is 1. The quantitative estimate of drug-likeness (QED) is 0.863. The maximum absolute atomic E-state index is 12.1. The van der Waals surface area contributed by atoms with Gasteiger partial charge in [0.1, 0.15) is 0 Å². The summed E-state index contributed by atoms with van der Waals surface area (Å²) in [5, 5.41) is 3.28. The van der Waals surface area contributed by atoms with Crippen LogP contribution in [0.4, 0.5) is 0 Å². The summed E-state index contributed by atoms with van der Waals surface area (Å²) >= 11 is 3.26. The number of rotatable bonds is 5. The van der Waals surface area contributed by atoms with E-state index in [1.807, 2.05) is 0 Å². The second-order valence-electron chi connectivity index (χ2n) is 4.48. The topological polar surface area (TPSA) is 58.2 Å². The van der Waals surface area contributed by atoms with Crippen molar-refractivity contribution in [2.75, 3.05) is 19.6 Å². The molecule has 0 amide bonds. The maximum atomic E-state index is 12.1. The van der Waals surface area contributed by atoms with Gasteiger partial charge in [-0.2, -0.15) is 0 Å². The second kappa shape index (κ2) is 6.14. The van der Waals surface area contributed by atoms with E-state index >= 15 is 0 Å². The van der Waals surface area contributed by atoms with Gasteiger partial charge >= 0.3 is 0 Å². The highest BCUT2D eigenvalue weighted by Gasteiger charge is 2.18. The third-order valence-electron chi connectivity index (χ3n) is 3.13. The van der Waals surface area contributed by atoms with Crippen molar-refractivity contribution < 1.29 is 8.42 Å². The molecule has 1 fully saturated rings. The summed E-state index contributed by atoms with van der Waals surface area (Å²) in [6.45, 7) is 2.54. The highest BCUT2D eigenvalue weighted by Crippen LogP contribution is 2.21. The van der Waals surface area contributed by atoms with E-state index in [0.717, 1.165) is 25.9 Å². The summed E-state index contributed by atoms with van der Waals surface area (Å²) in [5.74, 6) is 0.590. The molecule has 18 heavy (non-hydrogen) atoms. The Kier molecular flexibility index (Phi) is 4.77. The summed E-state index contributed by atoms with van der Waals surface area (Å²) in [6.07, 6.45) is 2.02. The fourth-order valence-corrected chi connectivity index (χ4v) is 4.15. The minimum Gasteiger partial charge on any atom is -0.316 e. The molecule has 4 nitrogen and oxygen atoms in total. The number of hydrogen-bond acceptors (Lipinski definition) is 3. The molecule has 1 saturated heterocycles. The van der Waals surface area contributed by atoms with Crippen LogP contribution >= 0.6 is 15.9 Å². The highest BCUT2D eigenvalue weighted by atomic mass is 79.9. The molecular weight excluding hydrogens is 316 g/mol. The molecule has 1 aromatic carbocycles. The monoisotopic (exact) mass is 332 g/mol. The molecule has 1 heterocycles. The van der Waals surface area contributed by atoms with Crippen molar-refractivity contribution in [1.29, 1.82) is 0 Å². The third kappa shape index (κ3) is 3.54. The van der Waals surface area contributed by atoms with Gasteiger partial charge in [0.15, 0.2) is 0 Å². The molecule has 2 N–H and O–H groups in total. The Labute approximate surface area is 116 Å². The van der Waals surface area contributed by atoms with Crippen LogP contribution in [0.15, 0.2) is 33.6 Å². The Morgan fingerprint density at radius 3 is 2.83 bits per heavy atom. The smallest absolute Gasteiger partial charge is 0.241 e. The molecule has 100 valence electrons. The molecule has 1 aliphatic heterocycles. The van der Waals surface area contributed by atoms with Crippen LogP contribution in [0.5, 0.6) is 0 Å². The van der Waals surface area contributed by atoms with Gasteiger partial charge in [0.05, 0.1) is 4.90 Å². The zero-order valence-electron chi connectivity index (χ0n) is 10.0. The van der Waals surface area contributed by atoms with Crippen LogP contribution in [0.25, 0.3) is 0 Å². The number of hydrogen-bond donors (Lipinski definition) is 2. The Bertz CT molecular complexity index is 499. The molecule has 1 atom stereocenters. The lowest BCUT2D eigenvalue weighted by Gasteiger charge is -2.10. The zero-order chi connectivity index (χ0) is 13.0. The van der Waals surface area contributed by atoms with E-state index in [-0.39, 0.29) is 0 Å². The largest absolute Gasteiger partial charge is 0.316 e. The van der Waals surface area contributed by atoms with Crippen LogP contribution in [0.3, 0.4) is 0 Å². The second-order valence-corrected chi connectivity index (χ2v) is 7.07. The summed E-state index contributed by atoms with van der Waals surface area (Å²) in [5.41, 5.74) is 0. The first kappa shape index (κ1) is 14.0. The lowest BCUT2D eigenvalue weighted by Crippen LogP contribution is -2.27. The van der Waals surface area contributed by atoms with E-state index < -0.39 is 10.0 Å². The fraction of sp³-hybridized carbons (Fsp3) is 0.500. The van der Waals surface area contributed by atoms with Crippen molar-refractivity contribution in [2.24, 2.45) is 5.92 Å². The van der Waals surface area contributed by atoms with Crippen LogP contribution in [0, 0.1) is 5.92 Å². The first-order chi connectivity index (χ1) is 8.59. The summed E-state index contributed by atoms with van der Waals surface area (Å²) in [4.78, 5) is 0.301. The van der Waals surface area contributed by atoms with Gasteiger partial charge < -0.3 is 5.32 Å². The van der Waals surface area contributed by atoms with Gasteiger partial charge in [-0.15, -0.1) is 0 Å². The van der Waals surface area contributed by atoms with Gasteiger partial charge in [0.25, 0.3) is 0 Å². The van der Waals surface area contributed by atoms with Crippen molar-refractivity contribution in [1.82, 2.24) is 10.0 Å². The Balaban J connectivity index is 1.93. The summed E-state index contributed by atoms with van der Waals surface area (Å²) in [6, 6.07) is 6.85. The SMILES string of the molecule is O=S(=O)(NCC[C@@H]1CCNC1)c1ccccc1Br. The van der Waals surface area contributed by atoms with Crippen LogP contribution in [-0.2, 0) is 10.0 Å². The molecule has 0 radical (unpaired) electrons. The minimum atomic E-state index is -3.40. The van der Waals surface area contributed by atoms with E-state index in [0.29, 0.717) is 21.8 Å². The molecule has 0 aromatic heterocycles. The predicted molar refractivity (Wildman–Crippen MR) is 74.9 cm³/mol. The van der Waals surface area contributed by atoms with Crippen LogP contribution in [0.1, 0.15) is 12.8 Å². The molecule has 1 aliphatic rings. The van der Waals surface area contributed by atoms with E-state index in [1.165, 1.54) is 0 Å². The zero-order valence-corrected chi connectivity index (χ0v) is 12.4. The van der Waals surface area contributed by atoms with Gasteiger partial charge in [0, 0.05) is 11.0 Å². The summed E-state index contributed by atoms with van der Waals surface area (Å²) < 4.78 is 27.4. The first-order valence-electron chi connectivity index (χ1n) is 6.04. The average Bonchev–Trinajstić information content (AvgIpc) is 2.82. The van der Waals surface area contributed by atoms with Crippen molar-refractivity contribution in [3.8, 4) is 0 Å². The Morgan fingerprint density at radius 2 is 2.17 bits per heavy atom. The molecule has 2 rings (SSSR count). The van der Waals surface area contributed by atoms with E-state index in [2.05, 4.69) is 26.0 Å². The molecular formula is C12H17BrN2O2S. The van der Waals surface area contributed by atoms with Gasteiger partial charge in [-0.1, -0.05) is 12.1 Å². The van der Waals surface area contributed by atoms with Gasteiger partial charge in [-0.05, 0) is 59.9 Å². The van der Waals surface area contributed by atoms with Crippen molar-refractivity contribution in [3.63, 3.8) is 0 Å². The lowest BCUT2D eigenvalue weighted by molar-refractivity contribution is 0.519. The minimum absolute atomic E-state index is 0.301. The molecule has 0 aliphatic carbocycles. The molecule has 0 unspecified atom stereocenters. The van der Waals surface area contributed by atoms with Gasteiger partial charge in [-0.3, -0.25) is 0 Å². The molecule has 1 aromatic rings. The summed E-state index contributed by atoms with van der Waals surface area (Å²) in [7, 11) is -3.40. The molecule has 0 saturated carbocycles. The fourth-order valence-electron chi connectivity index (χ4n) is 2.10. The van der Waals surface area contributed by atoms with E-state index in [9.17, 15) is 8.42 Å². The number of sulfonamides is 1. The van der Waals surface area contributed by atoms with Crippen molar-refractivity contribution in [2.45, 2.75) is 17.7 Å². The van der Waals surface area contributed by atoms with Crippen LogP contribution in [-0.4, -0.2) is 28.1 Å². The molecule has 0 bridgehead atoms. The average molecular weight is 333 g/mol. The lowest BCUT2D eigenvalue weighted by atomic mass is 10.1. The van der Waals surface area contributed by atoms with Gasteiger partial charge in [-0.25, -0.2) is 13.1 Å². The number of nitrogens with one attached hydrogen (secondary N) is 2. The van der Waals surface area contributed by atoms with Crippen LogP contribution < -0.4 is 10.0 Å². The molecule has 0 spiro atoms. The van der Waals surface area contributed by atoms with E-state index in [1.54, 1.807) is 24.3 Å². The van der Waals surface area contributed by atoms with Crippen LogP contribution in [0.2, 0.25) is 0 Å². The van der Waals surface area contributed by atoms with Crippen molar-refractivity contribution in [3.05, 3.63) is 28.7 Å². The highest BCUT2D eigenvalue weighted by molar-refractivity contribution is 9.10. The first-order valence-corrected chi connectivity index (χ1v) is 8.32. The Hall–Kier alpha value is -0.430. The van der Waals surface area contributed by atoms with E-state index in [4.69, 9.17) is 0 Å². The maximum Gasteiger partial charge on any atom is 0.241 e. The Morgan fingerprint density at radius 1 is 1.39 bits per heavy atom. The third-order valence-corrected chi connectivity index (χ3v) is 5.61. The van der Waals surface area contributed by atoms with Crippen molar-refractivity contribution >= 4 is 26.0 Å². The normalized spacial score (nSPS) is 20.2. The molecule has 6 heteroatoms. The standard InChI is InChI=1S/C12H17BrN2O2S/c13-11-3-1-2-4-12(11)18(16,17)15-8-6-10-5-7-14-9-10/h1-4,10,14-15H,5-9H2/t10-/m0/s1. The number of halogens is 1. The predicted octanol–water partition coefficient (Wildman–Crippen LogP) is 1.73.